The highest BCUT2D eigenvalue weighted by molar-refractivity contribution is 5.99. The van der Waals surface area contributed by atoms with E-state index in [-0.39, 0.29) is 12.4 Å². The van der Waals surface area contributed by atoms with Gasteiger partial charge in [-0.1, -0.05) is 12.1 Å². The van der Waals surface area contributed by atoms with Crippen LogP contribution in [0.4, 0.5) is 10.5 Å². The average molecular weight is 418 g/mol. The molecule has 29 heavy (non-hydrogen) atoms. The Morgan fingerprint density at radius 1 is 1.03 bits per heavy atom. The van der Waals surface area contributed by atoms with Gasteiger partial charge >= 0.3 is 6.03 Å². The van der Waals surface area contributed by atoms with Gasteiger partial charge < -0.3 is 0 Å². The Hall–Kier alpha value is -1.69. The second kappa shape index (κ2) is 8.99. The van der Waals surface area contributed by atoms with Crippen molar-refractivity contribution in [2.75, 3.05) is 39.3 Å². The Morgan fingerprint density at radius 2 is 1.69 bits per heavy atom. The number of likely N-dealkylation sites (tertiary alicyclic amines) is 1. The number of hydrogen-bond acceptors (Lipinski definition) is 3. The van der Waals surface area contributed by atoms with E-state index < -0.39 is 0 Å². The molecule has 2 aliphatic rings. The number of piperazine rings is 1. The summed E-state index contributed by atoms with van der Waals surface area (Å²) in [6.07, 6.45) is 3.43. The van der Waals surface area contributed by atoms with Gasteiger partial charge in [0.25, 0.3) is 0 Å². The number of aryl methyl sites for hydroxylation is 1. The van der Waals surface area contributed by atoms with Crippen molar-refractivity contribution in [1.29, 1.82) is 0 Å². The molecule has 0 atom stereocenters. The number of para-hydroxylation sites is 1. The van der Waals surface area contributed by atoms with Crippen LogP contribution in [0.3, 0.4) is 0 Å². The smallest absolute Gasteiger partial charge is 0.297 e. The molecule has 0 aliphatic carbocycles. The van der Waals surface area contributed by atoms with E-state index in [9.17, 15) is 4.79 Å². The van der Waals surface area contributed by atoms with E-state index in [0.29, 0.717) is 16.6 Å². The van der Waals surface area contributed by atoms with E-state index in [2.05, 4.69) is 47.9 Å². The van der Waals surface area contributed by atoms with Gasteiger partial charge in [0.15, 0.2) is 5.69 Å². The van der Waals surface area contributed by atoms with Crippen LogP contribution >= 0.6 is 12.4 Å². The van der Waals surface area contributed by atoms with Gasteiger partial charge in [-0.15, -0.1) is 12.4 Å². The molecule has 0 bridgehead atoms. The third-order valence-corrected chi connectivity index (χ3v) is 6.54. The number of aromatic nitrogens is 1. The van der Waals surface area contributed by atoms with Crippen molar-refractivity contribution in [1.82, 2.24) is 19.3 Å². The predicted octanol–water partition coefficient (Wildman–Crippen LogP) is 4.60. The maximum absolute atomic E-state index is 14.0. The molecule has 0 saturated carbocycles. The minimum absolute atomic E-state index is 0. The topological polar surface area (TPSA) is 36.4 Å². The van der Waals surface area contributed by atoms with Crippen LogP contribution in [0.15, 0.2) is 30.3 Å². The fourth-order valence-corrected chi connectivity index (χ4v) is 4.93. The summed E-state index contributed by atoms with van der Waals surface area (Å²) in [7, 11) is 0. The number of rotatable bonds is 2. The lowest BCUT2D eigenvalue weighted by Gasteiger charge is -2.44. The van der Waals surface area contributed by atoms with Crippen molar-refractivity contribution >= 4 is 35.0 Å². The van der Waals surface area contributed by atoms with Crippen molar-refractivity contribution in [2.24, 2.45) is 0 Å². The van der Waals surface area contributed by atoms with Crippen LogP contribution in [0, 0.1) is 6.92 Å². The molecule has 2 amide bonds. The van der Waals surface area contributed by atoms with Crippen LogP contribution < -0.4 is 4.48 Å². The molecule has 1 aromatic carbocycles. The molecular formula is C23H34ClN4O+. The van der Waals surface area contributed by atoms with Gasteiger partial charge in [-0.2, -0.15) is 0 Å². The molecular weight excluding hydrogens is 384 g/mol. The van der Waals surface area contributed by atoms with Crippen LogP contribution in [0.1, 0.15) is 38.8 Å². The van der Waals surface area contributed by atoms with Crippen LogP contribution in [-0.4, -0.2) is 66.1 Å². The lowest BCUT2D eigenvalue weighted by molar-refractivity contribution is 0.0958. The van der Waals surface area contributed by atoms with E-state index in [1.54, 1.807) is 0 Å². The second-order valence-corrected chi connectivity index (χ2v) is 8.67. The zero-order valence-corrected chi connectivity index (χ0v) is 18.7. The molecule has 2 aromatic rings. The van der Waals surface area contributed by atoms with E-state index in [1.165, 1.54) is 6.42 Å². The van der Waals surface area contributed by atoms with Crippen molar-refractivity contribution < 1.29 is 4.79 Å². The van der Waals surface area contributed by atoms with Crippen LogP contribution in [0.25, 0.3) is 10.9 Å². The SMILES string of the molecule is Cc1cc([N+]2(C(=O)N3CCN(C(C)C)CC3)CCCCC2)c2ccccc2n1.Cl. The average Bonchev–Trinajstić information content (AvgIpc) is 2.73. The minimum atomic E-state index is 0. The van der Waals surface area contributed by atoms with Crippen LogP contribution in [-0.2, 0) is 0 Å². The molecule has 0 radical (unpaired) electrons. The van der Waals surface area contributed by atoms with Gasteiger partial charge in [-0.25, -0.2) is 9.28 Å². The Morgan fingerprint density at radius 3 is 2.34 bits per heavy atom. The number of carbonyl (C=O) groups is 1. The quantitative estimate of drug-likeness (QED) is 0.670. The maximum Gasteiger partial charge on any atom is 0.424 e. The lowest BCUT2D eigenvalue weighted by Crippen LogP contribution is -2.65. The Labute approximate surface area is 180 Å². The molecule has 2 aliphatic heterocycles. The molecule has 4 rings (SSSR count). The summed E-state index contributed by atoms with van der Waals surface area (Å²) in [5.41, 5.74) is 3.14. The van der Waals surface area contributed by atoms with E-state index in [4.69, 9.17) is 4.98 Å². The molecule has 6 heteroatoms. The number of benzene rings is 1. The minimum Gasteiger partial charge on any atom is -0.297 e. The first-order chi connectivity index (χ1) is 13.5. The molecule has 2 fully saturated rings. The number of urea groups is 1. The van der Waals surface area contributed by atoms with Crippen molar-refractivity contribution in [2.45, 2.75) is 46.1 Å². The fourth-order valence-electron chi connectivity index (χ4n) is 4.93. The second-order valence-electron chi connectivity index (χ2n) is 8.67. The van der Waals surface area contributed by atoms with E-state index in [0.717, 1.165) is 74.4 Å². The number of quaternary nitrogens is 1. The standard InChI is InChI=1S/C23H33N4O.ClH/c1-18(2)25-11-13-26(14-12-25)23(28)27(15-7-4-8-16-27)22-17-19(3)24-21-10-6-5-9-20(21)22;/h5-6,9-10,17-18H,4,7-8,11-16H2,1-3H3;1H/q+1;. The predicted molar refractivity (Wildman–Crippen MR) is 123 cm³/mol. The molecule has 158 valence electrons. The van der Waals surface area contributed by atoms with Crippen molar-refractivity contribution in [3.05, 3.63) is 36.0 Å². The summed E-state index contributed by atoms with van der Waals surface area (Å²) in [5.74, 6) is 0. The first kappa shape index (κ1) is 22.0. The highest BCUT2D eigenvalue weighted by atomic mass is 35.5. The number of halogens is 1. The summed E-state index contributed by atoms with van der Waals surface area (Å²) in [6, 6.07) is 11.3. The van der Waals surface area contributed by atoms with Gasteiger partial charge in [0.05, 0.1) is 24.0 Å². The number of hydrogen-bond donors (Lipinski definition) is 0. The molecule has 0 unspecified atom stereocenters. The lowest BCUT2D eigenvalue weighted by atomic mass is 10.0. The van der Waals surface area contributed by atoms with Gasteiger partial charge in [-0.05, 0) is 52.2 Å². The third-order valence-electron chi connectivity index (χ3n) is 6.54. The van der Waals surface area contributed by atoms with Crippen LogP contribution in [0.5, 0.6) is 0 Å². The van der Waals surface area contributed by atoms with Gasteiger partial charge in [0.2, 0.25) is 0 Å². The molecule has 0 spiro atoms. The molecule has 0 N–H and O–H groups in total. The highest BCUT2D eigenvalue weighted by Crippen LogP contribution is 2.36. The summed E-state index contributed by atoms with van der Waals surface area (Å²) < 4.78 is 0.464. The number of pyridine rings is 1. The monoisotopic (exact) mass is 417 g/mol. The zero-order chi connectivity index (χ0) is 19.7. The van der Waals surface area contributed by atoms with Crippen molar-refractivity contribution in [3.8, 4) is 0 Å². The molecule has 5 nitrogen and oxygen atoms in total. The van der Waals surface area contributed by atoms with Gasteiger partial charge in [0, 0.05) is 44.0 Å². The Bertz CT molecular complexity index is 855. The maximum atomic E-state index is 14.0. The number of carbonyl (C=O) groups excluding carboxylic acids is 1. The van der Waals surface area contributed by atoms with Gasteiger partial charge in [-0.3, -0.25) is 14.8 Å². The summed E-state index contributed by atoms with van der Waals surface area (Å²) >= 11 is 0. The Balaban J connectivity index is 0.00000240. The largest absolute Gasteiger partial charge is 0.424 e. The summed E-state index contributed by atoms with van der Waals surface area (Å²) in [4.78, 5) is 23.3. The first-order valence-corrected chi connectivity index (χ1v) is 10.8. The van der Waals surface area contributed by atoms with E-state index in [1.807, 2.05) is 13.0 Å². The molecule has 3 heterocycles. The van der Waals surface area contributed by atoms with Crippen molar-refractivity contribution in [3.63, 3.8) is 0 Å². The van der Waals surface area contributed by atoms with E-state index >= 15 is 0 Å². The molecule has 1 aromatic heterocycles. The summed E-state index contributed by atoms with van der Waals surface area (Å²) in [6.45, 7) is 11.9. The van der Waals surface area contributed by atoms with Gasteiger partial charge in [0.1, 0.15) is 0 Å². The fraction of sp³-hybridized carbons (Fsp3) is 0.565. The Kier molecular flexibility index (Phi) is 6.82. The number of nitrogens with zero attached hydrogens (tertiary/aromatic N) is 4. The number of amides is 2. The third kappa shape index (κ3) is 4.14. The number of fused-ring (bicyclic) bond motifs is 1. The normalized spacial score (nSPS) is 19.9. The number of piperidine rings is 1. The molecule has 2 saturated heterocycles. The first-order valence-electron chi connectivity index (χ1n) is 10.8. The van der Waals surface area contributed by atoms with Crippen LogP contribution in [0.2, 0.25) is 0 Å². The highest BCUT2D eigenvalue weighted by Gasteiger charge is 2.45. The zero-order valence-electron chi connectivity index (χ0n) is 17.9. The summed E-state index contributed by atoms with van der Waals surface area (Å²) in [5, 5.41) is 1.13.